The van der Waals surface area contributed by atoms with Gasteiger partial charge in [0.25, 0.3) is 0 Å². The first-order valence-corrected chi connectivity index (χ1v) is 3.89. The summed E-state index contributed by atoms with van der Waals surface area (Å²) < 4.78 is 0. The second-order valence-corrected chi connectivity index (χ2v) is 2.52. The third-order valence-corrected chi connectivity index (χ3v) is 1.79. The lowest BCUT2D eigenvalue weighted by atomic mass is 10.1. The lowest BCUT2D eigenvalue weighted by Crippen LogP contribution is -1.91. The first kappa shape index (κ1) is 7.99. The highest BCUT2D eigenvalue weighted by Crippen LogP contribution is 2.18. The maximum absolute atomic E-state index is 4.03. The molecule has 0 bridgehead atoms. The highest BCUT2D eigenvalue weighted by atomic mass is 14.7. The minimum absolute atomic E-state index is 0.274. The van der Waals surface area contributed by atoms with Gasteiger partial charge >= 0.3 is 0 Å². The molecule has 1 aromatic carbocycles. The van der Waals surface area contributed by atoms with Gasteiger partial charge in [0.15, 0.2) is 0 Å². The molecule has 0 saturated heterocycles. The molecule has 0 heterocycles. The summed E-state index contributed by atoms with van der Waals surface area (Å²) in [4.78, 5) is 4.03. The molecule has 1 aromatic rings. The zero-order valence-electron chi connectivity index (χ0n) is 6.83. The molecular weight excluding hydrogens is 134 g/mol. The van der Waals surface area contributed by atoms with E-state index in [1.807, 2.05) is 18.2 Å². The SMILES string of the molecule is C=N[C@@H](CC)c1ccccc1. The van der Waals surface area contributed by atoms with Crippen molar-refractivity contribution in [1.82, 2.24) is 0 Å². The second-order valence-electron chi connectivity index (χ2n) is 2.52. The van der Waals surface area contributed by atoms with Crippen LogP contribution >= 0.6 is 0 Å². The summed E-state index contributed by atoms with van der Waals surface area (Å²) in [6.07, 6.45) is 1.02. The zero-order valence-corrected chi connectivity index (χ0v) is 6.83. The van der Waals surface area contributed by atoms with E-state index in [0.29, 0.717) is 0 Å². The molecule has 0 amide bonds. The Labute approximate surface area is 67.8 Å². The molecular formula is C10H13N. The molecule has 0 aliphatic rings. The quantitative estimate of drug-likeness (QED) is 0.583. The molecule has 0 radical (unpaired) electrons. The molecule has 0 unspecified atom stereocenters. The summed E-state index contributed by atoms with van der Waals surface area (Å²) in [6, 6.07) is 10.5. The summed E-state index contributed by atoms with van der Waals surface area (Å²) in [5.41, 5.74) is 1.25. The van der Waals surface area contributed by atoms with Crippen LogP contribution in [0.25, 0.3) is 0 Å². The molecule has 1 atom stereocenters. The van der Waals surface area contributed by atoms with Gasteiger partial charge in [0, 0.05) is 0 Å². The number of hydrogen-bond donors (Lipinski definition) is 0. The van der Waals surface area contributed by atoms with E-state index in [2.05, 4.69) is 30.8 Å². The van der Waals surface area contributed by atoms with Crippen molar-refractivity contribution in [2.75, 3.05) is 0 Å². The van der Waals surface area contributed by atoms with E-state index in [-0.39, 0.29) is 6.04 Å². The molecule has 0 spiro atoms. The fourth-order valence-electron chi connectivity index (χ4n) is 1.15. The fraction of sp³-hybridized carbons (Fsp3) is 0.300. The second kappa shape index (κ2) is 3.91. The Kier molecular flexibility index (Phi) is 2.84. The normalized spacial score (nSPS) is 12.5. The predicted molar refractivity (Wildman–Crippen MR) is 49.0 cm³/mol. The van der Waals surface area contributed by atoms with Crippen LogP contribution in [0.4, 0.5) is 0 Å². The van der Waals surface area contributed by atoms with E-state index in [1.165, 1.54) is 5.56 Å². The van der Waals surface area contributed by atoms with Crippen molar-refractivity contribution in [2.45, 2.75) is 19.4 Å². The highest BCUT2D eigenvalue weighted by Gasteiger charge is 2.02. The van der Waals surface area contributed by atoms with E-state index >= 15 is 0 Å². The minimum atomic E-state index is 0.274. The van der Waals surface area contributed by atoms with Gasteiger partial charge in [-0.05, 0) is 18.7 Å². The van der Waals surface area contributed by atoms with Gasteiger partial charge in [0.2, 0.25) is 0 Å². The standard InChI is InChI=1S/C10H13N/c1-3-10(11-2)9-7-5-4-6-8-9/h4-8,10H,2-3H2,1H3/t10-/m0/s1. The number of nitrogens with zero attached hydrogens (tertiary/aromatic N) is 1. The smallest absolute Gasteiger partial charge is 0.0739 e. The van der Waals surface area contributed by atoms with Crippen molar-refractivity contribution in [1.29, 1.82) is 0 Å². The molecule has 11 heavy (non-hydrogen) atoms. The Bertz CT molecular complexity index is 216. The molecule has 0 fully saturated rings. The van der Waals surface area contributed by atoms with Crippen molar-refractivity contribution in [3.63, 3.8) is 0 Å². The zero-order chi connectivity index (χ0) is 8.10. The maximum atomic E-state index is 4.03. The summed E-state index contributed by atoms with van der Waals surface area (Å²) in [6.45, 7) is 5.68. The largest absolute Gasteiger partial charge is 0.293 e. The van der Waals surface area contributed by atoms with Crippen LogP contribution < -0.4 is 0 Å². The van der Waals surface area contributed by atoms with Crippen LogP contribution in [0.2, 0.25) is 0 Å². The monoisotopic (exact) mass is 147 g/mol. The van der Waals surface area contributed by atoms with E-state index in [1.54, 1.807) is 0 Å². The van der Waals surface area contributed by atoms with Gasteiger partial charge in [0.1, 0.15) is 0 Å². The van der Waals surface area contributed by atoms with Crippen molar-refractivity contribution in [2.24, 2.45) is 4.99 Å². The Morgan fingerprint density at radius 1 is 1.36 bits per heavy atom. The number of rotatable bonds is 3. The third kappa shape index (κ3) is 1.90. The van der Waals surface area contributed by atoms with Gasteiger partial charge in [-0.3, -0.25) is 4.99 Å². The van der Waals surface area contributed by atoms with Crippen molar-refractivity contribution >= 4 is 6.72 Å². The molecule has 58 valence electrons. The summed E-state index contributed by atoms with van der Waals surface area (Å²) in [5.74, 6) is 0. The summed E-state index contributed by atoms with van der Waals surface area (Å²) in [7, 11) is 0. The van der Waals surface area contributed by atoms with Gasteiger partial charge in [-0.1, -0.05) is 37.3 Å². The van der Waals surface area contributed by atoms with Crippen LogP contribution in [0.1, 0.15) is 24.9 Å². The van der Waals surface area contributed by atoms with Crippen LogP contribution in [0.5, 0.6) is 0 Å². The number of aliphatic imine (C=N–C) groups is 1. The van der Waals surface area contributed by atoms with Crippen molar-refractivity contribution in [3.8, 4) is 0 Å². The molecule has 1 nitrogen and oxygen atoms in total. The van der Waals surface area contributed by atoms with Gasteiger partial charge in [-0.2, -0.15) is 0 Å². The van der Waals surface area contributed by atoms with Crippen LogP contribution in [0.3, 0.4) is 0 Å². The van der Waals surface area contributed by atoms with Crippen molar-refractivity contribution in [3.05, 3.63) is 35.9 Å². The molecule has 1 heteroatoms. The van der Waals surface area contributed by atoms with Crippen LogP contribution in [0, 0.1) is 0 Å². The lowest BCUT2D eigenvalue weighted by Gasteiger charge is -2.07. The molecule has 0 aliphatic heterocycles. The first-order chi connectivity index (χ1) is 5.38. The fourth-order valence-corrected chi connectivity index (χ4v) is 1.15. The van der Waals surface area contributed by atoms with E-state index in [9.17, 15) is 0 Å². The number of benzene rings is 1. The highest BCUT2D eigenvalue weighted by molar-refractivity contribution is 5.28. The average Bonchev–Trinajstić information content (AvgIpc) is 2.09. The Hall–Kier alpha value is -1.11. The molecule has 1 rings (SSSR count). The molecule has 0 aliphatic carbocycles. The van der Waals surface area contributed by atoms with Gasteiger partial charge in [-0.25, -0.2) is 0 Å². The van der Waals surface area contributed by atoms with Crippen LogP contribution in [0.15, 0.2) is 35.3 Å². The molecule has 0 saturated carbocycles. The topological polar surface area (TPSA) is 12.4 Å². The van der Waals surface area contributed by atoms with Crippen LogP contribution in [-0.2, 0) is 0 Å². The van der Waals surface area contributed by atoms with E-state index < -0.39 is 0 Å². The lowest BCUT2D eigenvalue weighted by molar-refractivity contribution is 0.707. The Balaban J connectivity index is 2.82. The summed E-state index contributed by atoms with van der Waals surface area (Å²) in [5, 5.41) is 0. The third-order valence-electron chi connectivity index (χ3n) is 1.79. The van der Waals surface area contributed by atoms with Crippen LogP contribution in [-0.4, -0.2) is 6.72 Å². The van der Waals surface area contributed by atoms with Gasteiger partial charge in [-0.15, -0.1) is 0 Å². The molecule has 0 aromatic heterocycles. The Morgan fingerprint density at radius 3 is 2.45 bits per heavy atom. The van der Waals surface area contributed by atoms with E-state index in [0.717, 1.165) is 6.42 Å². The van der Waals surface area contributed by atoms with Gasteiger partial charge in [0.05, 0.1) is 6.04 Å². The average molecular weight is 147 g/mol. The van der Waals surface area contributed by atoms with Gasteiger partial charge < -0.3 is 0 Å². The predicted octanol–water partition coefficient (Wildman–Crippen LogP) is 2.84. The minimum Gasteiger partial charge on any atom is -0.293 e. The number of hydrogen-bond acceptors (Lipinski definition) is 1. The Morgan fingerprint density at radius 2 is 2.00 bits per heavy atom. The van der Waals surface area contributed by atoms with E-state index in [4.69, 9.17) is 0 Å². The first-order valence-electron chi connectivity index (χ1n) is 3.89. The summed E-state index contributed by atoms with van der Waals surface area (Å²) >= 11 is 0. The van der Waals surface area contributed by atoms with Crippen molar-refractivity contribution < 1.29 is 0 Å². The maximum Gasteiger partial charge on any atom is 0.0739 e. The molecule has 0 N–H and O–H groups in total.